The van der Waals surface area contributed by atoms with Crippen molar-refractivity contribution in [2.75, 3.05) is 5.75 Å². The molecule has 1 aromatic heterocycles. The van der Waals surface area contributed by atoms with Crippen LogP contribution in [-0.2, 0) is 20.4 Å². The van der Waals surface area contributed by atoms with E-state index in [0.717, 1.165) is 18.4 Å². The molecule has 0 saturated heterocycles. The van der Waals surface area contributed by atoms with E-state index in [-0.39, 0.29) is 11.8 Å². The fraction of sp³-hybridized carbons (Fsp3) is 0.333. The highest BCUT2D eigenvalue weighted by molar-refractivity contribution is 7.91. The van der Waals surface area contributed by atoms with Gasteiger partial charge in [-0.25, -0.2) is 8.42 Å². The largest absolute Gasteiger partial charge is 0.356 e. The molecule has 1 aliphatic rings. The van der Waals surface area contributed by atoms with E-state index in [9.17, 15) is 13.2 Å². The predicted octanol–water partition coefficient (Wildman–Crippen LogP) is 1.53. The number of hydrogen-bond donors (Lipinski definition) is 1. The fourth-order valence-corrected chi connectivity index (χ4v) is 3.26. The lowest BCUT2D eigenvalue weighted by molar-refractivity contribution is -0.118. The van der Waals surface area contributed by atoms with Crippen LogP contribution in [0.5, 0.6) is 0 Å². The summed E-state index contributed by atoms with van der Waals surface area (Å²) in [5, 5.41) is 6.44. The van der Waals surface area contributed by atoms with Crippen molar-refractivity contribution in [3.63, 3.8) is 0 Å². The van der Waals surface area contributed by atoms with Gasteiger partial charge in [-0.1, -0.05) is 35.5 Å². The molecular formula is C15H16N2O4S. The smallest absolute Gasteiger partial charge is 0.235 e. The van der Waals surface area contributed by atoms with Crippen molar-refractivity contribution in [1.29, 1.82) is 0 Å². The van der Waals surface area contributed by atoms with Gasteiger partial charge in [0, 0.05) is 17.7 Å². The second-order valence-corrected chi connectivity index (χ2v) is 7.49. The normalized spacial score (nSPS) is 14.7. The van der Waals surface area contributed by atoms with Gasteiger partial charge < -0.3 is 9.84 Å². The van der Waals surface area contributed by atoms with Crippen LogP contribution < -0.4 is 5.32 Å². The van der Waals surface area contributed by atoms with Crippen LogP contribution in [0, 0.1) is 0 Å². The second-order valence-electron chi connectivity index (χ2n) is 5.42. The van der Waals surface area contributed by atoms with Crippen molar-refractivity contribution in [1.82, 2.24) is 10.5 Å². The van der Waals surface area contributed by atoms with Gasteiger partial charge in [0.1, 0.15) is 5.75 Å². The maximum absolute atomic E-state index is 12.0. The predicted molar refractivity (Wildman–Crippen MR) is 80.6 cm³/mol. The Morgan fingerprint density at radius 3 is 2.68 bits per heavy atom. The van der Waals surface area contributed by atoms with E-state index in [2.05, 4.69) is 10.5 Å². The molecule has 0 bridgehead atoms. The Bertz CT molecular complexity index is 764. The molecule has 1 N–H and O–H groups in total. The van der Waals surface area contributed by atoms with E-state index in [1.54, 1.807) is 6.07 Å². The maximum atomic E-state index is 12.0. The SMILES string of the molecule is O=C(CS(=O)(=O)Cc1cc(-c2ccccc2)on1)NC1CC1. The Morgan fingerprint density at radius 2 is 2.00 bits per heavy atom. The topological polar surface area (TPSA) is 89.3 Å². The molecule has 6 nitrogen and oxygen atoms in total. The van der Waals surface area contributed by atoms with E-state index >= 15 is 0 Å². The average molecular weight is 320 g/mol. The van der Waals surface area contributed by atoms with Gasteiger partial charge in [0.2, 0.25) is 5.91 Å². The van der Waals surface area contributed by atoms with Gasteiger partial charge in [0.25, 0.3) is 0 Å². The molecule has 0 spiro atoms. The number of sulfone groups is 1. The van der Waals surface area contributed by atoms with Crippen LogP contribution in [0.15, 0.2) is 40.9 Å². The Balaban J connectivity index is 1.64. The molecule has 1 saturated carbocycles. The summed E-state index contributed by atoms with van der Waals surface area (Å²) in [4.78, 5) is 11.6. The van der Waals surface area contributed by atoms with Crippen LogP contribution in [-0.4, -0.2) is 31.3 Å². The Morgan fingerprint density at radius 1 is 1.27 bits per heavy atom. The van der Waals surface area contributed by atoms with Crippen LogP contribution in [0.2, 0.25) is 0 Å². The number of nitrogens with zero attached hydrogens (tertiary/aromatic N) is 1. The third kappa shape index (κ3) is 3.94. The number of carbonyl (C=O) groups excluding carboxylic acids is 1. The Labute approximate surface area is 128 Å². The molecule has 0 atom stereocenters. The molecule has 1 heterocycles. The first-order valence-corrected chi connectivity index (χ1v) is 8.85. The molecular weight excluding hydrogens is 304 g/mol. The van der Waals surface area contributed by atoms with E-state index < -0.39 is 21.5 Å². The summed E-state index contributed by atoms with van der Waals surface area (Å²) in [6.45, 7) is 0. The van der Waals surface area contributed by atoms with Gasteiger partial charge in [-0.2, -0.15) is 0 Å². The summed E-state index contributed by atoms with van der Waals surface area (Å²) in [6.07, 6.45) is 1.85. The first-order chi connectivity index (χ1) is 10.5. The lowest BCUT2D eigenvalue weighted by Crippen LogP contribution is -2.32. The molecule has 1 fully saturated rings. The highest BCUT2D eigenvalue weighted by Crippen LogP contribution is 2.21. The molecule has 116 valence electrons. The third-order valence-corrected chi connectivity index (χ3v) is 4.72. The molecule has 0 unspecified atom stereocenters. The molecule has 0 radical (unpaired) electrons. The summed E-state index contributed by atoms with van der Waals surface area (Å²) in [7, 11) is -3.56. The van der Waals surface area contributed by atoms with Gasteiger partial charge in [-0.05, 0) is 12.8 Å². The summed E-state index contributed by atoms with van der Waals surface area (Å²) in [5.41, 5.74) is 1.13. The zero-order valence-electron chi connectivity index (χ0n) is 11.9. The van der Waals surface area contributed by atoms with E-state index in [1.165, 1.54) is 0 Å². The van der Waals surface area contributed by atoms with Crippen molar-refractivity contribution >= 4 is 15.7 Å². The van der Waals surface area contributed by atoms with Crippen LogP contribution in [0.3, 0.4) is 0 Å². The molecule has 0 aliphatic heterocycles. The van der Waals surface area contributed by atoms with Crippen molar-refractivity contribution in [3.8, 4) is 11.3 Å². The first-order valence-electron chi connectivity index (χ1n) is 7.03. The maximum Gasteiger partial charge on any atom is 0.235 e. The zero-order chi connectivity index (χ0) is 15.6. The average Bonchev–Trinajstić information content (AvgIpc) is 3.15. The fourth-order valence-electron chi connectivity index (χ4n) is 2.09. The zero-order valence-corrected chi connectivity index (χ0v) is 12.7. The second kappa shape index (κ2) is 5.92. The molecule has 1 aliphatic carbocycles. The minimum absolute atomic E-state index is 0.152. The van der Waals surface area contributed by atoms with Crippen molar-refractivity contribution in [2.45, 2.75) is 24.6 Å². The van der Waals surface area contributed by atoms with Gasteiger partial charge in [0.15, 0.2) is 15.6 Å². The molecule has 7 heteroatoms. The summed E-state index contributed by atoms with van der Waals surface area (Å²) >= 11 is 0. The quantitative estimate of drug-likeness (QED) is 0.872. The lowest BCUT2D eigenvalue weighted by Gasteiger charge is -2.03. The summed E-state index contributed by atoms with van der Waals surface area (Å²) in [6, 6.07) is 11.0. The minimum atomic E-state index is -3.56. The van der Waals surface area contributed by atoms with Gasteiger partial charge in [-0.15, -0.1) is 0 Å². The summed E-state index contributed by atoms with van der Waals surface area (Å²) < 4.78 is 29.2. The van der Waals surface area contributed by atoms with Gasteiger partial charge in [0.05, 0.1) is 11.4 Å². The Kier molecular flexibility index (Phi) is 3.98. The Hall–Kier alpha value is -2.15. The number of benzene rings is 1. The highest BCUT2D eigenvalue weighted by atomic mass is 32.2. The molecule has 1 aromatic carbocycles. The summed E-state index contributed by atoms with van der Waals surface area (Å²) in [5.74, 6) is -0.763. The van der Waals surface area contributed by atoms with Crippen LogP contribution >= 0.6 is 0 Å². The van der Waals surface area contributed by atoms with Crippen LogP contribution in [0.4, 0.5) is 0 Å². The molecule has 22 heavy (non-hydrogen) atoms. The third-order valence-electron chi connectivity index (χ3n) is 3.28. The number of carbonyl (C=O) groups is 1. The first kappa shape index (κ1) is 14.8. The number of amides is 1. The number of hydrogen-bond acceptors (Lipinski definition) is 5. The number of nitrogens with one attached hydrogen (secondary N) is 1. The van der Waals surface area contributed by atoms with Gasteiger partial charge >= 0.3 is 0 Å². The number of aromatic nitrogens is 1. The van der Waals surface area contributed by atoms with E-state index in [4.69, 9.17) is 4.52 Å². The van der Waals surface area contributed by atoms with Crippen molar-refractivity contribution in [2.24, 2.45) is 0 Å². The highest BCUT2D eigenvalue weighted by Gasteiger charge is 2.26. The van der Waals surface area contributed by atoms with Gasteiger partial charge in [-0.3, -0.25) is 4.79 Å². The van der Waals surface area contributed by atoms with Crippen molar-refractivity contribution < 1.29 is 17.7 Å². The van der Waals surface area contributed by atoms with E-state index in [0.29, 0.717) is 11.5 Å². The lowest BCUT2D eigenvalue weighted by atomic mass is 10.2. The van der Waals surface area contributed by atoms with Crippen LogP contribution in [0.25, 0.3) is 11.3 Å². The molecule has 3 rings (SSSR count). The monoisotopic (exact) mass is 320 g/mol. The minimum Gasteiger partial charge on any atom is -0.356 e. The number of rotatable bonds is 6. The van der Waals surface area contributed by atoms with Crippen LogP contribution in [0.1, 0.15) is 18.5 Å². The van der Waals surface area contributed by atoms with E-state index in [1.807, 2.05) is 30.3 Å². The molecule has 2 aromatic rings. The molecule has 1 amide bonds. The van der Waals surface area contributed by atoms with Crippen molar-refractivity contribution in [3.05, 3.63) is 42.1 Å². The standard InChI is InChI=1S/C15H16N2O4S/c18-15(16-12-6-7-12)10-22(19,20)9-13-8-14(21-17-13)11-4-2-1-3-5-11/h1-5,8,12H,6-7,9-10H2,(H,16,18).